The Morgan fingerprint density at radius 1 is 0.871 bits per heavy atom. The summed E-state index contributed by atoms with van der Waals surface area (Å²) in [4.78, 5) is 12.2. The van der Waals surface area contributed by atoms with E-state index in [-0.39, 0.29) is 5.75 Å². The molecule has 0 amide bonds. The van der Waals surface area contributed by atoms with E-state index in [0.717, 1.165) is 39.2 Å². The minimum Gasteiger partial charge on any atom is -0.508 e. The Labute approximate surface area is 173 Å². The van der Waals surface area contributed by atoms with Crippen LogP contribution < -0.4 is 0 Å². The van der Waals surface area contributed by atoms with Gasteiger partial charge >= 0.3 is 0 Å². The summed E-state index contributed by atoms with van der Waals surface area (Å²) in [7, 11) is 0. The predicted octanol–water partition coefficient (Wildman–Crippen LogP) is 4.40. The van der Waals surface area contributed by atoms with Gasteiger partial charge in [-0.15, -0.1) is 0 Å². The summed E-state index contributed by atoms with van der Waals surface area (Å²) in [5.41, 5.74) is 5.84. The Balaban J connectivity index is 1.53. The van der Waals surface area contributed by atoms with E-state index in [0.29, 0.717) is 22.6 Å². The molecule has 0 saturated heterocycles. The quantitative estimate of drug-likeness (QED) is 0.344. The first kappa shape index (κ1) is 17.3. The zero-order valence-corrected chi connectivity index (χ0v) is 15.9. The van der Waals surface area contributed by atoms with E-state index >= 15 is 0 Å². The molecule has 9 heteroatoms. The number of hydrogen-bond donors (Lipinski definition) is 4. The molecule has 0 spiro atoms. The normalized spacial score (nSPS) is 11.5. The molecule has 0 aliphatic carbocycles. The topological polar surface area (TPSA) is 119 Å². The van der Waals surface area contributed by atoms with Gasteiger partial charge in [-0.1, -0.05) is 0 Å². The molecular formula is C22H14FN7O. The largest absolute Gasteiger partial charge is 0.508 e. The van der Waals surface area contributed by atoms with E-state index in [1.807, 2.05) is 18.2 Å². The molecule has 0 bridgehead atoms. The van der Waals surface area contributed by atoms with Crippen molar-refractivity contribution in [2.45, 2.75) is 0 Å². The maximum Gasteiger partial charge on any atom is 0.155 e. The average Bonchev–Trinajstić information content (AvgIpc) is 3.50. The van der Waals surface area contributed by atoms with Crippen molar-refractivity contribution in [3.05, 3.63) is 67.0 Å². The number of pyridine rings is 2. The lowest BCUT2D eigenvalue weighted by atomic mass is 10.1. The second kappa shape index (κ2) is 6.49. The van der Waals surface area contributed by atoms with Crippen LogP contribution in [0.3, 0.4) is 0 Å². The molecule has 5 heterocycles. The smallest absolute Gasteiger partial charge is 0.155 e. The molecule has 0 atom stereocenters. The fourth-order valence-electron chi connectivity index (χ4n) is 3.80. The van der Waals surface area contributed by atoms with Gasteiger partial charge < -0.3 is 10.1 Å². The van der Waals surface area contributed by atoms with Crippen LogP contribution in [0.5, 0.6) is 5.75 Å². The highest BCUT2D eigenvalue weighted by Crippen LogP contribution is 2.34. The standard InChI is InChI=1S/C22H14FN7O/c23-14-3-11(4-15(31)6-14)20-16-7-19(28-18(16)1-2-24-20)21-17-5-12(13-9-26-27-10-13)8-25-22(17)30-29-21/h1-10,28,31H,(H,26,27)(H,25,29,30). The van der Waals surface area contributed by atoms with Crippen LogP contribution in [-0.4, -0.2) is 40.5 Å². The van der Waals surface area contributed by atoms with Gasteiger partial charge in [-0.05, 0) is 30.3 Å². The number of H-pyrrole nitrogens is 3. The van der Waals surface area contributed by atoms with Crippen LogP contribution >= 0.6 is 0 Å². The molecule has 31 heavy (non-hydrogen) atoms. The Hall–Kier alpha value is -4.53. The lowest BCUT2D eigenvalue weighted by Crippen LogP contribution is -1.85. The van der Waals surface area contributed by atoms with Gasteiger partial charge in [0.2, 0.25) is 0 Å². The predicted molar refractivity (Wildman–Crippen MR) is 114 cm³/mol. The molecule has 6 aromatic rings. The van der Waals surface area contributed by atoms with Crippen molar-refractivity contribution >= 4 is 21.9 Å². The highest BCUT2D eigenvalue weighted by Gasteiger charge is 2.16. The SMILES string of the molecule is Oc1cc(F)cc(-c2nccc3[nH]c(-c4n[nH]c5ncc(-c6cn[nH]c6)cc45)cc23)c1. The summed E-state index contributed by atoms with van der Waals surface area (Å²) in [5.74, 6) is -0.679. The number of fused-ring (bicyclic) bond motifs is 2. The van der Waals surface area contributed by atoms with Crippen LogP contribution in [0.2, 0.25) is 0 Å². The van der Waals surface area contributed by atoms with Crippen LogP contribution in [0.4, 0.5) is 4.39 Å². The summed E-state index contributed by atoms with van der Waals surface area (Å²) < 4.78 is 13.8. The fourth-order valence-corrected chi connectivity index (χ4v) is 3.80. The Bertz CT molecular complexity index is 1550. The van der Waals surface area contributed by atoms with Gasteiger partial charge in [0.15, 0.2) is 5.65 Å². The Morgan fingerprint density at radius 3 is 2.65 bits per heavy atom. The number of aromatic nitrogens is 7. The zero-order valence-electron chi connectivity index (χ0n) is 15.9. The Kier molecular flexibility index (Phi) is 3.63. The van der Waals surface area contributed by atoms with Gasteiger partial charge in [0.1, 0.15) is 17.3 Å². The first-order chi connectivity index (χ1) is 15.2. The van der Waals surface area contributed by atoms with E-state index in [9.17, 15) is 9.50 Å². The first-order valence-corrected chi connectivity index (χ1v) is 9.47. The molecule has 8 nitrogen and oxygen atoms in total. The molecule has 4 N–H and O–H groups in total. The molecular weight excluding hydrogens is 397 g/mol. The van der Waals surface area contributed by atoms with E-state index in [1.165, 1.54) is 12.1 Å². The third-order valence-electron chi connectivity index (χ3n) is 5.21. The number of aromatic amines is 3. The van der Waals surface area contributed by atoms with Gasteiger partial charge in [0, 0.05) is 57.6 Å². The number of rotatable bonds is 3. The summed E-state index contributed by atoms with van der Waals surface area (Å²) >= 11 is 0. The number of aromatic hydroxyl groups is 1. The third kappa shape index (κ3) is 2.83. The van der Waals surface area contributed by atoms with Crippen molar-refractivity contribution in [3.63, 3.8) is 0 Å². The minimum absolute atomic E-state index is 0.152. The fraction of sp³-hybridized carbons (Fsp3) is 0. The van der Waals surface area contributed by atoms with Crippen molar-refractivity contribution in [1.82, 2.24) is 35.3 Å². The van der Waals surface area contributed by atoms with Crippen molar-refractivity contribution in [1.29, 1.82) is 0 Å². The average molecular weight is 411 g/mol. The molecule has 6 rings (SSSR count). The highest BCUT2D eigenvalue weighted by atomic mass is 19.1. The van der Waals surface area contributed by atoms with E-state index in [4.69, 9.17) is 0 Å². The highest BCUT2D eigenvalue weighted by molar-refractivity contribution is 6.00. The Morgan fingerprint density at radius 2 is 1.81 bits per heavy atom. The van der Waals surface area contributed by atoms with Gasteiger partial charge in [0.25, 0.3) is 0 Å². The number of benzene rings is 1. The molecule has 0 fully saturated rings. The monoisotopic (exact) mass is 411 g/mol. The molecule has 0 saturated carbocycles. The van der Waals surface area contributed by atoms with Gasteiger partial charge in [-0.25, -0.2) is 9.37 Å². The number of halogens is 1. The minimum atomic E-state index is -0.527. The number of hydrogen-bond acceptors (Lipinski definition) is 5. The number of phenols is 1. The van der Waals surface area contributed by atoms with Crippen molar-refractivity contribution < 1.29 is 9.50 Å². The molecule has 0 radical (unpaired) electrons. The molecule has 5 aromatic heterocycles. The van der Waals surface area contributed by atoms with Crippen molar-refractivity contribution in [2.75, 3.05) is 0 Å². The van der Waals surface area contributed by atoms with Crippen LogP contribution in [0.1, 0.15) is 0 Å². The maximum absolute atomic E-state index is 13.8. The van der Waals surface area contributed by atoms with Gasteiger partial charge in [-0.2, -0.15) is 10.2 Å². The van der Waals surface area contributed by atoms with E-state index in [2.05, 4.69) is 35.3 Å². The summed E-state index contributed by atoms with van der Waals surface area (Å²) in [6, 6.07) is 9.65. The van der Waals surface area contributed by atoms with Gasteiger partial charge in [0.05, 0.1) is 17.6 Å². The van der Waals surface area contributed by atoms with Crippen LogP contribution in [0.25, 0.3) is 55.7 Å². The molecule has 0 unspecified atom stereocenters. The van der Waals surface area contributed by atoms with Crippen LogP contribution in [-0.2, 0) is 0 Å². The second-order valence-corrected chi connectivity index (χ2v) is 7.18. The zero-order chi connectivity index (χ0) is 20.9. The van der Waals surface area contributed by atoms with E-state index < -0.39 is 5.82 Å². The molecule has 0 aliphatic heterocycles. The summed E-state index contributed by atoms with van der Waals surface area (Å²) in [6.45, 7) is 0. The maximum atomic E-state index is 13.8. The first-order valence-electron chi connectivity index (χ1n) is 9.47. The third-order valence-corrected chi connectivity index (χ3v) is 5.21. The van der Waals surface area contributed by atoms with Crippen molar-refractivity contribution in [3.8, 4) is 39.5 Å². The summed E-state index contributed by atoms with van der Waals surface area (Å²) in [6.07, 6.45) is 6.94. The van der Waals surface area contributed by atoms with E-state index in [1.54, 1.807) is 24.8 Å². The van der Waals surface area contributed by atoms with Gasteiger partial charge in [-0.3, -0.25) is 15.2 Å². The molecule has 1 aromatic carbocycles. The lowest BCUT2D eigenvalue weighted by molar-refractivity contribution is 0.469. The van der Waals surface area contributed by atoms with Crippen LogP contribution in [0, 0.1) is 5.82 Å². The molecule has 150 valence electrons. The molecule has 0 aliphatic rings. The number of nitrogens with zero attached hydrogens (tertiary/aromatic N) is 4. The van der Waals surface area contributed by atoms with Crippen LogP contribution in [0.15, 0.2) is 61.2 Å². The number of nitrogens with one attached hydrogen (secondary N) is 3. The summed E-state index contributed by atoms with van der Waals surface area (Å²) in [5, 5.41) is 25.7. The van der Waals surface area contributed by atoms with Crippen molar-refractivity contribution in [2.24, 2.45) is 0 Å². The second-order valence-electron chi connectivity index (χ2n) is 7.18. The number of phenolic OH excluding ortho intramolecular Hbond substituents is 1. The lowest BCUT2D eigenvalue weighted by Gasteiger charge is -2.03.